The van der Waals surface area contributed by atoms with Crippen LogP contribution in [-0.2, 0) is 0 Å². The average Bonchev–Trinajstić information content (AvgIpc) is 2.68. The Bertz CT molecular complexity index is 483. The highest BCUT2D eigenvalue weighted by Gasteiger charge is 2.09. The lowest BCUT2D eigenvalue weighted by molar-refractivity contribution is 0.907. The van der Waals surface area contributed by atoms with E-state index in [9.17, 15) is 0 Å². The molecule has 0 bridgehead atoms. The summed E-state index contributed by atoms with van der Waals surface area (Å²) < 4.78 is 1.90. The predicted octanol–water partition coefficient (Wildman–Crippen LogP) is 5.34. The standard InChI is InChI=1S/C12H11BrClNS/c1-8(11-6-7-12(14)16-11)15-10-5-3-2-4-9(10)13/h2-8,15H,1H3. The van der Waals surface area contributed by atoms with Crippen molar-refractivity contribution in [3.63, 3.8) is 0 Å². The van der Waals surface area contributed by atoms with Gasteiger partial charge in [0.1, 0.15) is 0 Å². The SMILES string of the molecule is CC(Nc1ccccc1Br)c1ccc(Cl)s1. The van der Waals surface area contributed by atoms with Gasteiger partial charge in [0.15, 0.2) is 0 Å². The van der Waals surface area contributed by atoms with Crippen LogP contribution in [0.2, 0.25) is 4.34 Å². The minimum atomic E-state index is 0.260. The molecule has 16 heavy (non-hydrogen) atoms. The Morgan fingerprint density at radius 1 is 1.25 bits per heavy atom. The summed E-state index contributed by atoms with van der Waals surface area (Å²) in [5, 5.41) is 3.44. The van der Waals surface area contributed by atoms with E-state index in [1.807, 2.05) is 24.3 Å². The maximum atomic E-state index is 5.92. The van der Waals surface area contributed by atoms with Crippen LogP contribution in [0.25, 0.3) is 0 Å². The van der Waals surface area contributed by atoms with E-state index in [-0.39, 0.29) is 6.04 Å². The van der Waals surface area contributed by atoms with Gasteiger partial charge in [-0.3, -0.25) is 0 Å². The molecule has 0 spiro atoms. The zero-order valence-corrected chi connectivity index (χ0v) is 11.9. The molecule has 1 N–H and O–H groups in total. The van der Waals surface area contributed by atoms with Crippen molar-refractivity contribution in [2.45, 2.75) is 13.0 Å². The molecule has 0 saturated carbocycles. The Morgan fingerprint density at radius 2 is 2.00 bits per heavy atom. The van der Waals surface area contributed by atoms with Gasteiger partial charge in [-0.2, -0.15) is 0 Å². The molecular weight excluding hydrogens is 306 g/mol. The first-order valence-corrected chi connectivity index (χ1v) is 6.92. The third-order valence-corrected chi connectivity index (χ3v) is 4.37. The molecule has 2 rings (SSSR count). The summed E-state index contributed by atoms with van der Waals surface area (Å²) in [4.78, 5) is 1.24. The summed E-state index contributed by atoms with van der Waals surface area (Å²) in [6, 6.07) is 12.3. The first-order chi connectivity index (χ1) is 7.66. The second-order valence-corrected chi connectivity index (χ2v) is 6.09. The van der Waals surface area contributed by atoms with Crippen molar-refractivity contribution in [1.82, 2.24) is 0 Å². The molecule has 1 atom stereocenters. The number of nitrogens with one attached hydrogen (secondary N) is 1. The molecule has 0 amide bonds. The molecule has 2 aromatic rings. The number of halogens is 2. The van der Waals surface area contributed by atoms with E-state index in [2.05, 4.69) is 40.3 Å². The summed E-state index contributed by atoms with van der Waals surface area (Å²) in [6.45, 7) is 2.13. The van der Waals surface area contributed by atoms with Gasteiger partial charge in [-0.05, 0) is 47.1 Å². The highest BCUT2D eigenvalue weighted by molar-refractivity contribution is 9.10. The van der Waals surface area contributed by atoms with E-state index in [1.165, 1.54) is 4.88 Å². The van der Waals surface area contributed by atoms with Gasteiger partial charge >= 0.3 is 0 Å². The van der Waals surface area contributed by atoms with E-state index >= 15 is 0 Å². The van der Waals surface area contributed by atoms with E-state index in [4.69, 9.17) is 11.6 Å². The van der Waals surface area contributed by atoms with Gasteiger partial charge in [-0.15, -0.1) is 11.3 Å². The maximum absolute atomic E-state index is 5.92. The molecular formula is C12H11BrClNS. The minimum Gasteiger partial charge on any atom is -0.377 e. The van der Waals surface area contributed by atoms with E-state index in [0.717, 1.165) is 14.5 Å². The Morgan fingerprint density at radius 3 is 2.62 bits per heavy atom. The normalized spacial score (nSPS) is 12.4. The average molecular weight is 317 g/mol. The van der Waals surface area contributed by atoms with Crippen molar-refractivity contribution in [2.24, 2.45) is 0 Å². The Balaban J connectivity index is 2.13. The molecule has 0 aliphatic carbocycles. The second-order valence-electron chi connectivity index (χ2n) is 3.49. The minimum absolute atomic E-state index is 0.260. The highest BCUT2D eigenvalue weighted by Crippen LogP contribution is 2.31. The van der Waals surface area contributed by atoms with Crippen LogP contribution in [0.1, 0.15) is 17.8 Å². The number of hydrogen-bond acceptors (Lipinski definition) is 2. The summed E-state index contributed by atoms with van der Waals surface area (Å²) in [7, 11) is 0. The van der Waals surface area contributed by atoms with Crippen molar-refractivity contribution in [3.8, 4) is 0 Å². The number of benzene rings is 1. The predicted molar refractivity (Wildman–Crippen MR) is 75.5 cm³/mol. The molecule has 0 radical (unpaired) electrons. The molecule has 4 heteroatoms. The van der Waals surface area contributed by atoms with Gasteiger partial charge in [-0.25, -0.2) is 0 Å². The van der Waals surface area contributed by atoms with Crippen molar-refractivity contribution < 1.29 is 0 Å². The molecule has 1 nitrogen and oxygen atoms in total. The van der Waals surface area contributed by atoms with Gasteiger partial charge in [0.25, 0.3) is 0 Å². The molecule has 0 fully saturated rings. The van der Waals surface area contributed by atoms with E-state index in [1.54, 1.807) is 11.3 Å². The molecule has 0 aliphatic heterocycles. The summed E-state index contributed by atoms with van der Waals surface area (Å²) in [6.07, 6.45) is 0. The van der Waals surface area contributed by atoms with Crippen LogP contribution in [0.15, 0.2) is 40.9 Å². The van der Waals surface area contributed by atoms with Gasteiger partial charge in [0.2, 0.25) is 0 Å². The van der Waals surface area contributed by atoms with Gasteiger partial charge in [0.05, 0.1) is 10.4 Å². The zero-order chi connectivity index (χ0) is 11.5. The molecule has 1 aromatic heterocycles. The number of rotatable bonds is 3. The zero-order valence-electron chi connectivity index (χ0n) is 8.71. The summed E-state index contributed by atoms with van der Waals surface area (Å²) in [5.41, 5.74) is 1.10. The second kappa shape index (κ2) is 5.21. The van der Waals surface area contributed by atoms with Crippen LogP contribution in [-0.4, -0.2) is 0 Å². The van der Waals surface area contributed by atoms with Gasteiger partial charge < -0.3 is 5.32 Å². The largest absolute Gasteiger partial charge is 0.377 e. The molecule has 0 saturated heterocycles. The van der Waals surface area contributed by atoms with Crippen molar-refractivity contribution in [1.29, 1.82) is 0 Å². The Hall–Kier alpha value is -0.510. The van der Waals surface area contributed by atoms with Crippen LogP contribution in [0.5, 0.6) is 0 Å². The third-order valence-electron chi connectivity index (χ3n) is 2.27. The fourth-order valence-corrected chi connectivity index (χ4v) is 2.91. The van der Waals surface area contributed by atoms with Crippen LogP contribution < -0.4 is 5.32 Å². The first kappa shape index (κ1) is 12.0. The molecule has 0 aliphatic rings. The van der Waals surface area contributed by atoms with Crippen LogP contribution >= 0.6 is 38.9 Å². The van der Waals surface area contributed by atoms with Crippen LogP contribution in [0.4, 0.5) is 5.69 Å². The summed E-state index contributed by atoms with van der Waals surface area (Å²) >= 11 is 11.0. The number of para-hydroxylation sites is 1. The monoisotopic (exact) mass is 315 g/mol. The Labute approximate surface area is 113 Å². The fraction of sp³-hybridized carbons (Fsp3) is 0.167. The van der Waals surface area contributed by atoms with Crippen molar-refractivity contribution in [3.05, 3.63) is 50.1 Å². The quantitative estimate of drug-likeness (QED) is 0.806. The molecule has 1 unspecified atom stereocenters. The maximum Gasteiger partial charge on any atom is 0.0932 e. The highest BCUT2D eigenvalue weighted by atomic mass is 79.9. The van der Waals surface area contributed by atoms with Crippen LogP contribution in [0, 0.1) is 0 Å². The van der Waals surface area contributed by atoms with E-state index < -0.39 is 0 Å². The first-order valence-electron chi connectivity index (χ1n) is 4.93. The summed E-state index contributed by atoms with van der Waals surface area (Å²) in [5.74, 6) is 0. The van der Waals surface area contributed by atoms with E-state index in [0.29, 0.717) is 0 Å². The lowest BCUT2D eigenvalue weighted by Crippen LogP contribution is -2.04. The molecule has 1 aromatic carbocycles. The van der Waals surface area contributed by atoms with Crippen molar-refractivity contribution in [2.75, 3.05) is 5.32 Å². The number of thiophene rings is 1. The van der Waals surface area contributed by atoms with Gasteiger partial charge in [0, 0.05) is 15.0 Å². The lowest BCUT2D eigenvalue weighted by Gasteiger charge is -2.14. The van der Waals surface area contributed by atoms with Crippen LogP contribution in [0.3, 0.4) is 0 Å². The van der Waals surface area contributed by atoms with Crippen molar-refractivity contribution >= 4 is 44.6 Å². The third kappa shape index (κ3) is 2.78. The van der Waals surface area contributed by atoms with Gasteiger partial charge in [-0.1, -0.05) is 23.7 Å². The number of anilines is 1. The molecule has 1 heterocycles. The molecule has 84 valence electrons. The topological polar surface area (TPSA) is 12.0 Å². The number of hydrogen-bond donors (Lipinski definition) is 1. The Kier molecular flexibility index (Phi) is 3.90. The smallest absolute Gasteiger partial charge is 0.0932 e. The lowest BCUT2D eigenvalue weighted by atomic mass is 10.2. The fourth-order valence-electron chi connectivity index (χ4n) is 1.44.